The molecular formula is C15H17N3O3S. The fourth-order valence-electron chi connectivity index (χ4n) is 3.00. The van der Waals surface area contributed by atoms with E-state index >= 15 is 0 Å². The topological polar surface area (TPSA) is 67.5 Å². The second-order valence-corrected chi connectivity index (χ2v) is 6.46. The van der Waals surface area contributed by atoms with Crippen LogP contribution in [0.5, 0.6) is 0 Å². The highest BCUT2D eigenvalue weighted by atomic mass is 32.1. The lowest BCUT2D eigenvalue weighted by atomic mass is 10.0. The van der Waals surface area contributed by atoms with Crippen LogP contribution in [0, 0.1) is 0 Å². The van der Waals surface area contributed by atoms with Gasteiger partial charge in [-0.25, -0.2) is 0 Å². The highest BCUT2D eigenvalue weighted by Crippen LogP contribution is 2.28. The average molecular weight is 319 g/mol. The number of hydrogen-bond donors (Lipinski definition) is 1. The Bertz CT molecular complexity index is 655. The Morgan fingerprint density at radius 3 is 3.05 bits per heavy atom. The van der Waals surface area contributed by atoms with E-state index in [2.05, 4.69) is 10.2 Å². The summed E-state index contributed by atoms with van der Waals surface area (Å²) in [6.07, 6.45) is 4.59. The zero-order valence-electron chi connectivity index (χ0n) is 12.0. The third-order valence-electron chi connectivity index (χ3n) is 4.16. The third kappa shape index (κ3) is 2.55. The number of H-pyrrole nitrogens is 1. The number of thiophene rings is 1. The van der Waals surface area contributed by atoms with E-state index in [0.717, 1.165) is 29.0 Å². The number of piperidine rings is 1. The minimum absolute atomic E-state index is 0.0124. The summed E-state index contributed by atoms with van der Waals surface area (Å²) in [5.74, 6) is 0.0682. The molecule has 1 amide bonds. The van der Waals surface area contributed by atoms with E-state index in [-0.39, 0.29) is 18.1 Å². The second-order valence-electron chi connectivity index (χ2n) is 5.54. The Labute approximate surface area is 132 Å². The number of hydrogen-bond acceptors (Lipinski definition) is 5. The Balaban J connectivity index is 1.48. The number of aromatic amines is 1. The molecular weight excluding hydrogens is 302 g/mol. The maximum Gasteiger partial charge on any atom is 0.254 e. The number of rotatable bonds is 2. The molecule has 2 aliphatic heterocycles. The van der Waals surface area contributed by atoms with Crippen molar-refractivity contribution in [2.75, 3.05) is 26.3 Å². The summed E-state index contributed by atoms with van der Waals surface area (Å²) in [5.41, 5.74) is 1.74. The van der Waals surface area contributed by atoms with Gasteiger partial charge in [-0.1, -0.05) is 0 Å². The monoisotopic (exact) mass is 319 g/mol. The molecule has 2 fully saturated rings. The molecule has 116 valence electrons. The minimum atomic E-state index is 0.0124. The number of likely N-dealkylation sites (tertiary alicyclic amines) is 1. The van der Waals surface area contributed by atoms with Crippen LogP contribution in [0.4, 0.5) is 0 Å². The quantitative estimate of drug-likeness (QED) is 0.916. The Morgan fingerprint density at radius 1 is 1.36 bits per heavy atom. The molecule has 1 N–H and O–H groups in total. The lowest BCUT2D eigenvalue weighted by Crippen LogP contribution is -2.53. The minimum Gasteiger partial charge on any atom is -0.373 e. The van der Waals surface area contributed by atoms with Crippen molar-refractivity contribution >= 4 is 17.2 Å². The number of carbonyl (C=O) groups is 1. The largest absolute Gasteiger partial charge is 0.373 e. The fraction of sp³-hybridized carbons (Fsp3) is 0.467. The molecule has 2 atom stereocenters. The number of fused-ring (bicyclic) bond motifs is 1. The van der Waals surface area contributed by atoms with Gasteiger partial charge in [0.05, 0.1) is 31.1 Å². The molecule has 0 aromatic carbocycles. The van der Waals surface area contributed by atoms with Crippen molar-refractivity contribution < 1.29 is 14.3 Å². The van der Waals surface area contributed by atoms with Crippen LogP contribution in [-0.2, 0) is 9.47 Å². The summed E-state index contributed by atoms with van der Waals surface area (Å²) in [6, 6.07) is 1.93. The molecule has 0 spiro atoms. The molecule has 0 radical (unpaired) electrons. The predicted octanol–water partition coefficient (Wildman–Crippen LogP) is 1.77. The van der Waals surface area contributed by atoms with Crippen LogP contribution >= 0.6 is 11.3 Å². The van der Waals surface area contributed by atoms with Gasteiger partial charge >= 0.3 is 0 Å². The standard InChI is InChI=1S/C15H17N3O3S/c19-15(10-5-14(22-9-10)11-6-16-17-7-11)18-2-1-12-13(8-18)21-4-3-20-12/h5-7,9,12-13H,1-4,8H2,(H,16,17). The van der Waals surface area contributed by atoms with Crippen molar-refractivity contribution in [3.63, 3.8) is 0 Å². The van der Waals surface area contributed by atoms with E-state index in [4.69, 9.17) is 9.47 Å². The highest BCUT2D eigenvalue weighted by molar-refractivity contribution is 7.13. The van der Waals surface area contributed by atoms with E-state index < -0.39 is 0 Å². The molecule has 2 unspecified atom stereocenters. The molecule has 2 aromatic rings. The second kappa shape index (κ2) is 5.83. The van der Waals surface area contributed by atoms with Crippen molar-refractivity contribution in [1.82, 2.24) is 15.1 Å². The van der Waals surface area contributed by atoms with Crippen molar-refractivity contribution in [1.29, 1.82) is 0 Å². The zero-order valence-corrected chi connectivity index (χ0v) is 12.8. The smallest absolute Gasteiger partial charge is 0.254 e. The normalized spacial score (nSPS) is 25.0. The summed E-state index contributed by atoms with van der Waals surface area (Å²) < 4.78 is 11.4. The summed E-state index contributed by atoms with van der Waals surface area (Å²) in [4.78, 5) is 15.6. The van der Waals surface area contributed by atoms with Gasteiger partial charge in [0.2, 0.25) is 0 Å². The number of amides is 1. The van der Waals surface area contributed by atoms with Crippen molar-refractivity contribution in [2.45, 2.75) is 18.6 Å². The van der Waals surface area contributed by atoms with Crippen LogP contribution in [0.3, 0.4) is 0 Å². The molecule has 2 aliphatic rings. The van der Waals surface area contributed by atoms with Gasteiger partial charge in [0.1, 0.15) is 6.10 Å². The van der Waals surface area contributed by atoms with Crippen molar-refractivity contribution in [3.8, 4) is 10.4 Å². The van der Waals surface area contributed by atoms with Crippen LogP contribution < -0.4 is 0 Å². The van der Waals surface area contributed by atoms with Gasteiger partial charge in [0.15, 0.2) is 0 Å². The number of nitrogens with zero attached hydrogens (tertiary/aromatic N) is 2. The molecule has 6 nitrogen and oxygen atoms in total. The van der Waals surface area contributed by atoms with E-state index in [1.165, 1.54) is 0 Å². The molecule has 2 saturated heterocycles. The van der Waals surface area contributed by atoms with Gasteiger partial charge in [0, 0.05) is 35.1 Å². The number of carbonyl (C=O) groups excluding carboxylic acids is 1. The summed E-state index contributed by atoms with van der Waals surface area (Å²) in [5, 5.41) is 8.65. The zero-order chi connectivity index (χ0) is 14.9. The van der Waals surface area contributed by atoms with Crippen LogP contribution in [-0.4, -0.2) is 59.5 Å². The lowest BCUT2D eigenvalue weighted by molar-refractivity contribution is -0.160. The maximum absolute atomic E-state index is 12.7. The van der Waals surface area contributed by atoms with E-state index in [1.807, 2.05) is 22.5 Å². The van der Waals surface area contributed by atoms with Crippen LogP contribution in [0.1, 0.15) is 16.8 Å². The average Bonchev–Trinajstić information content (AvgIpc) is 3.24. The van der Waals surface area contributed by atoms with E-state index in [9.17, 15) is 4.79 Å². The SMILES string of the molecule is O=C(c1csc(-c2cn[nH]c2)c1)N1CCC2OCCOC2C1. The van der Waals surface area contributed by atoms with Crippen LogP contribution in [0.2, 0.25) is 0 Å². The first-order chi connectivity index (χ1) is 10.8. The predicted molar refractivity (Wildman–Crippen MR) is 81.9 cm³/mol. The third-order valence-corrected chi connectivity index (χ3v) is 5.14. The van der Waals surface area contributed by atoms with Gasteiger partial charge in [-0.2, -0.15) is 5.10 Å². The Kier molecular flexibility index (Phi) is 3.69. The molecule has 22 heavy (non-hydrogen) atoms. The first-order valence-corrected chi connectivity index (χ1v) is 8.29. The molecule has 7 heteroatoms. The van der Waals surface area contributed by atoms with Gasteiger partial charge in [0.25, 0.3) is 5.91 Å². The fourth-order valence-corrected chi connectivity index (χ4v) is 3.86. The maximum atomic E-state index is 12.7. The number of ether oxygens (including phenoxy) is 2. The number of aromatic nitrogens is 2. The van der Waals surface area contributed by atoms with Crippen LogP contribution in [0.15, 0.2) is 23.8 Å². The van der Waals surface area contributed by atoms with Gasteiger partial charge in [-0.15, -0.1) is 11.3 Å². The summed E-state index contributed by atoms with van der Waals surface area (Å²) in [6.45, 7) is 2.61. The molecule has 4 rings (SSSR count). The number of nitrogens with one attached hydrogen (secondary N) is 1. The van der Waals surface area contributed by atoms with E-state index in [1.54, 1.807) is 17.5 Å². The molecule has 4 heterocycles. The van der Waals surface area contributed by atoms with Gasteiger partial charge < -0.3 is 14.4 Å². The Morgan fingerprint density at radius 2 is 2.23 bits per heavy atom. The van der Waals surface area contributed by atoms with E-state index in [0.29, 0.717) is 19.8 Å². The van der Waals surface area contributed by atoms with Gasteiger partial charge in [-0.3, -0.25) is 9.89 Å². The van der Waals surface area contributed by atoms with Crippen molar-refractivity contribution in [3.05, 3.63) is 29.4 Å². The first kappa shape index (κ1) is 13.9. The van der Waals surface area contributed by atoms with Gasteiger partial charge in [-0.05, 0) is 12.5 Å². The highest BCUT2D eigenvalue weighted by Gasteiger charge is 2.35. The Hall–Kier alpha value is -1.70. The molecule has 0 bridgehead atoms. The summed E-state index contributed by atoms with van der Waals surface area (Å²) >= 11 is 1.56. The lowest BCUT2D eigenvalue weighted by Gasteiger charge is -2.40. The van der Waals surface area contributed by atoms with Crippen molar-refractivity contribution in [2.24, 2.45) is 0 Å². The first-order valence-electron chi connectivity index (χ1n) is 7.41. The van der Waals surface area contributed by atoms with Crippen LogP contribution in [0.25, 0.3) is 10.4 Å². The molecule has 0 saturated carbocycles. The molecule has 2 aromatic heterocycles. The summed E-state index contributed by atoms with van der Waals surface area (Å²) in [7, 11) is 0. The molecule has 0 aliphatic carbocycles.